The highest BCUT2D eigenvalue weighted by molar-refractivity contribution is 6.42. The van der Waals surface area contributed by atoms with Gasteiger partial charge in [0.1, 0.15) is 0 Å². The summed E-state index contributed by atoms with van der Waals surface area (Å²) in [6.45, 7) is 4.87. The van der Waals surface area contributed by atoms with Crippen molar-refractivity contribution in [3.05, 3.63) is 35.4 Å². The first kappa shape index (κ1) is 12.8. The Bertz CT molecular complexity index is 445. The number of likely N-dealkylation sites (N-methyl/N-ethyl adjacent to an activating group) is 1. The van der Waals surface area contributed by atoms with Crippen molar-refractivity contribution in [2.45, 2.75) is 6.92 Å². The summed E-state index contributed by atoms with van der Waals surface area (Å²) in [6.07, 6.45) is 0. The predicted octanol–water partition coefficient (Wildman–Crippen LogP) is 0.952. The van der Waals surface area contributed by atoms with Crippen molar-refractivity contribution in [3.8, 4) is 0 Å². The molecule has 1 aliphatic heterocycles. The highest BCUT2D eigenvalue weighted by Gasteiger charge is 2.25. The molecule has 96 valence electrons. The van der Waals surface area contributed by atoms with E-state index in [1.54, 1.807) is 17.0 Å². The summed E-state index contributed by atoms with van der Waals surface area (Å²) < 4.78 is 0. The van der Waals surface area contributed by atoms with Crippen molar-refractivity contribution in [3.63, 3.8) is 0 Å². The lowest BCUT2D eigenvalue weighted by atomic mass is 10.1. The number of piperazine rings is 1. The number of nitrogens with zero attached hydrogens (tertiary/aromatic N) is 2. The smallest absolute Gasteiger partial charge is 0.295 e. The van der Waals surface area contributed by atoms with Gasteiger partial charge in [0.05, 0.1) is 0 Å². The molecule has 1 aliphatic rings. The molecule has 1 heterocycles. The summed E-state index contributed by atoms with van der Waals surface area (Å²) in [5, 5.41) is 0. The van der Waals surface area contributed by atoms with Crippen LogP contribution >= 0.6 is 0 Å². The average Bonchev–Trinajstić information content (AvgIpc) is 2.39. The van der Waals surface area contributed by atoms with Crippen LogP contribution < -0.4 is 0 Å². The molecular weight excluding hydrogens is 228 g/mol. The highest BCUT2D eigenvalue weighted by Crippen LogP contribution is 2.08. The first-order valence-corrected chi connectivity index (χ1v) is 6.17. The minimum Gasteiger partial charge on any atom is -0.333 e. The van der Waals surface area contributed by atoms with Crippen LogP contribution in [0.5, 0.6) is 0 Å². The lowest BCUT2D eigenvalue weighted by Gasteiger charge is -2.31. The van der Waals surface area contributed by atoms with E-state index >= 15 is 0 Å². The molecule has 0 saturated carbocycles. The van der Waals surface area contributed by atoms with Crippen LogP contribution in [0.15, 0.2) is 24.3 Å². The second-order valence-corrected chi connectivity index (χ2v) is 4.79. The van der Waals surface area contributed by atoms with E-state index < -0.39 is 5.78 Å². The summed E-state index contributed by atoms with van der Waals surface area (Å²) in [4.78, 5) is 27.9. The van der Waals surface area contributed by atoms with Crippen LogP contribution in [0.25, 0.3) is 0 Å². The number of aryl methyl sites for hydroxylation is 1. The number of hydrogen-bond donors (Lipinski definition) is 0. The zero-order valence-electron chi connectivity index (χ0n) is 10.8. The molecule has 4 nitrogen and oxygen atoms in total. The lowest BCUT2D eigenvalue weighted by Crippen LogP contribution is -2.49. The van der Waals surface area contributed by atoms with E-state index in [1.807, 2.05) is 26.1 Å². The van der Waals surface area contributed by atoms with Gasteiger partial charge >= 0.3 is 0 Å². The largest absolute Gasteiger partial charge is 0.333 e. The zero-order chi connectivity index (χ0) is 13.1. The van der Waals surface area contributed by atoms with E-state index in [0.717, 1.165) is 18.7 Å². The van der Waals surface area contributed by atoms with Crippen molar-refractivity contribution in [1.29, 1.82) is 0 Å². The van der Waals surface area contributed by atoms with Gasteiger partial charge in [0.25, 0.3) is 5.91 Å². The van der Waals surface area contributed by atoms with Crippen LogP contribution in [-0.2, 0) is 4.79 Å². The van der Waals surface area contributed by atoms with E-state index in [-0.39, 0.29) is 5.91 Å². The maximum Gasteiger partial charge on any atom is 0.295 e. The summed E-state index contributed by atoms with van der Waals surface area (Å²) in [6, 6.07) is 7.13. The number of Topliss-reactive ketones (excluding diaryl/α,β-unsaturated/α-hetero) is 1. The molecule has 0 N–H and O–H groups in total. The number of benzene rings is 1. The molecule has 0 aliphatic carbocycles. The van der Waals surface area contributed by atoms with E-state index in [9.17, 15) is 9.59 Å². The normalized spacial score (nSPS) is 16.7. The Morgan fingerprint density at radius 2 is 1.56 bits per heavy atom. The van der Waals surface area contributed by atoms with Crippen molar-refractivity contribution >= 4 is 11.7 Å². The third-order valence-electron chi connectivity index (χ3n) is 3.30. The maximum atomic E-state index is 12.0. The number of carbonyl (C=O) groups excluding carboxylic acids is 2. The van der Waals surface area contributed by atoms with Gasteiger partial charge in [-0.1, -0.05) is 29.8 Å². The van der Waals surface area contributed by atoms with Crippen molar-refractivity contribution < 1.29 is 9.59 Å². The average molecular weight is 246 g/mol. The first-order chi connectivity index (χ1) is 8.58. The van der Waals surface area contributed by atoms with Gasteiger partial charge in [-0.2, -0.15) is 0 Å². The molecule has 1 fully saturated rings. The Labute approximate surface area is 107 Å². The summed E-state index contributed by atoms with van der Waals surface area (Å²) in [5.41, 5.74) is 1.56. The van der Waals surface area contributed by atoms with Gasteiger partial charge in [0.15, 0.2) is 0 Å². The molecule has 1 aromatic carbocycles. The molecule has 0 radical (unpaired) electrons. The molecule has 4 heteroatoms. The monoisotopic (exact) mass is 246 g/mol. The van der Waals surface area contributed by atoms with Gasteiger partial charge in [0.2, 0.25) is 5.78 Å². The van der Waals surface area contributed by atoms with Crippen LogP contribution in [-0.4, -0.2) is 54.7 Å². The third kappa shape index (κ3) is 2.76. The van der Waals surface area contributed by atoms with Crippen molar-refractivity contribution in [2.24, 2.45) is 0 Å². The lowest BCUT2D eigenvalue weighted by molar-refractivity contribution is -0.127. The molecule has 18 heavy (non-hydrogen) atoms. The number of ketones is 1. The second-order valence-electron chi connectivity index (χ2n) is 4.79. The minimum atomic E-state index is -0.403. The molecule has 1 amide bonds. The molecule has 1 aromatic rings. The van der Waals surface area contributed by atoms with Crippen LogP contribution in [0.3, 0.4) is 0 Å². The molecule has 0 aromatic heterocycles. The highest BCUT2D eigenvalue weighted by atomic mass is 16.2. The Balaban J connectivity index is 2.05. The molecule has 0 bridgehead atoms. The first-order valence-electron chi connectivity index (χ1n) is 6.17. The Morgan fingerprint density at radius 1 is 1.00 bits per heavy atom. The molecule has 2 rings (SSSR count). The number of hydrogen-bond acceptors (Lipinski definition) is 3. The number of carbonyl (C=O) groups is 2. The van der Waals surface area contributed by atoms with Crippen LogP contribution in [0.1, 0.15) is 15.9 Å². The molecule has 1 saturated heterocycles. The Morgan fingerprint density at radius 3 is 2.11 bits per heavy atom. The molecule has 0 atom stereocenters. The van der Waals surface area contributed by atoms with Gasteiger partial charge in [-0.15, -0.1) is 0 Å². The van der Waals surface area contributed by atoms with Crippen molar-refractivity contribution in [1.82, 2.24) is 9.80 Å². The third-order valence-corrected chi connectivity index (χ3v) is 3.30. The Hall–Kier alpha value is -1.68. The van der Waals surface area contributed by atoms with E-state index in [1.165, 1.54) is 0 Å². The fraction of sp³-hybridized carbons (Fsp3) is 0.429. The number of amides is 1. The fourth-order valence-electron chi connectivity index (χ4n) is 1.98. The summed E-state index contributed by atoms with van der Waals surface area (Å²) in [7, 11) is 2.02. The van der Waals surface area contributed by atoms with E-state index in [0.29, 0.717) is 18.7 Å². The summed E-state index contributed by atoms with van der Waals surface area (Å²) >= 11 is 0. The van der Waals surface area contributed by atoms with Gasteiger partial charge in [-0.25, -0.2) is 0 Å². The van der Waals surface area contributed by atoms with E-state index in [4.69, 9.17) is 0 Å². The minimum absolute atomic E-state index is 0.382. The van der Waals surface area contributed by atoms with Crippen LogP contribution in [0, 0.1) is 6.92 Å². The van der Waals surface area contributed by atoms with Crippen molar-refractivity contribution in [2.75, 3.05) is 33.2 Å². The van der Waals surface area contributed by atoms with Crippen LogP contribution in [0.2, 0.25) is 0 Å². The molecular formula is C14H18N2O2. The maximum absolute atomic E-state index is 12.0. The summed E-state index contributed by atoms with van der Waals surface area (Å²) in [5.74, 6) is -0.786. The van der Waals surface area contributed by atoms with Gasteiger partial charge < -0.3 is 9.80 Å². The SMILES string of the molecule is Cc1ccc(C(=O)C(=O)N2CCN(C)CC2)cc1. The second kappa shape index (κ2) is 5.31. The van der Waals surface area contributed by atoms with Gasteiger partial charge in [-0.3, -0.25) is 9.59 Å². The topological polar surface area (TPSA) is 40.6 Å². The van der Waals surface area contributed by atoms with Crippen LogP contribution in [0.4, 0.5) is 0 Å². The van der Waals surface area contributed by atoms with Gasteiger partial charge in [0, 0.05) is 31.7 Å². The Kier molecular flexibility index (Phi) is 3.77. The molecule has 0 spiro atoms. The quantitative estimate of drug-likeness (QED) is 0.576. The zero-order valence-corrected chi connectivity index (χ0v) is 10.8. The standard InChI is InChI=1S/C14H18N2O2/c1-11-3-5-12(6-4-11)13(17)14(18)16-9-7-15(2)8-10-16/h3-6H,7-10H2,1-2H3. The fourth-order valence-corrected chi connectivity index (χ4v) is 1.98. The van der Waals surface area contributed by atoms with E-state index in [2.05, 4.69) is 4.90 Å². The van der Waals surface area contributed by atoms with Gasteiger partial charge in [-0.05, 0) is 14.0 Å². The number of rotatable bonds is 2. The predicted molar refractivity (Wildman–Crippen MR) is 69.6 cm³/mol. The molecule has 0 unspecified atom stereocenters.